The van der Waals surface area contributed by atoms with Crippen LogP contribution in [0.3, 0.4) is 0 Å². The number of halogens is 1. The molecule has 1 aliphatic carbocycles. The molecule has 0 fully saturated rings. The molecule has 0 bridgehead atoms. The van der Waals surface area contributed by atoms with E-state index in [1.165, 1.54) is 35.1 Å². The van der Waals surface area contributed by atoms with Crippen LogP contribution in [0, 0.1) is 5.92 Å². The summed E-state index contributed by atoms with van der Waals surface area (Å²) >= 11 is 0. The topological polar surface area (TPSA) is 18.8 Å². The summed E-state index contributed by atoms with van der Waals surface area (Å²) in [5.74, 6) is 0.822. The molecule has 3 heterocycles. The summed E-state index contributed by atoms with van der Waals surface area (Å²) in [5.41, 5.74) is 6.99. The third kappa shape index (κ3) is 2.66. The largest absolute Gasteiger partial charge is 0.301 e. The predicted molar refractivity (Wildman–Crippen MR) is 127 cm³/mol. The average Bonchev–Trinajstić information content (AvgIpc) is 3.19. The second-order valence-corrected chi connectivity index (χ2v) is 9.62. The van der Waals surface area contributed by atoms with Crippen molar-refractivity contribution in [3.8, 4) is 11.1 Å². The van der Waals surface area contributed by atoms with Gasteiger partial charge in [0.05, 0.1) is 5.69 Å². The van der Waals surface area contributed by atoms with E-state index in [9.17, 15) is 0 Å². The molecule has 0 N–H and O–H groups in total. The van der Waals surface area contributed by atoms with Crippen LogP contribution in [0.1, 0.15) is 76.6 Å². The highest BCUT2D eigenvalue weighted by molar-refractivity contribution is 6.21. The standard InChI is InChI=1S/C25H28FN3.C2H6/c1-14(2)29-24-15(3)25(4,26)21-11-7-10-18-19-12-16-8-5-6-9-17(16)13-20(19)23(27-29)28(24)22(18)21;1-2/h7,10-15,24H,5-6,8-9H2,1-4H3;1-2H3. The first kappa shape index (κ1) is 20.5. The number of para-hydroxylation sites is 1. The van der Waals surface area contributed by atoms with Crippen molar-refractivity contribution in [3.05, 3.63) is 52.6 Å². The first-order valence-corrected chi connectivity index (χ1v) is 12.0. The van der Waals surface area contributed by atoms with Crippen molar-refractivity contribution in [2.45, 2.75) is 85.1 Å². The van der Waals surface area contributed by atoms with E-state index >= 15 is 4.39 Å². The highest BCUT2D eigenvalue weighted by Gasteiger charge is 2.55. The van der Waals surface area contributed by atoms with E-state index in [2.05, 4.69) is 42.0 Å². The fourth-order valence-corrected chi connectivity index (χ4v) is 5.89. The summed E-state index contributed by atoms with van der Waals surface area (Å²) in [5, 5.41) is 7.24. The number of fused-ring (bicyclic) bond motifs is 4. The van der Waals surface area contributed by atoms with Crippen LogP contribution in [0.4, 0.5) is 10.1 Å². The summed E-state index contributed by atoms with van der Waals surface area (Å²) < 4.78 is 16.2. The van der Waals surface area contributed by atoms with Gasteiger partial charge in [0.25, 0.3) is 0 Å². The molecule has 0 amide bonds. The van der Waals surface area contributed by atoms with Gasteiger partial charge in [0.2, 0.25) is 0 Å². The van der Waals surface area contributed by atoms with Crippen molar-refractivity contribution in [1.82, 2.24) is 5.01 Å². The van der Waals surface area contributed by atoms with Crippen molar-refractivity contribution in [3.63, 3.8) is 0 Å². The van der Waals surface area contributed by atoms with Gasteiger partial charge in [0, 0.05) is 28.7 Å². The molecule has 164 valence electrons. The van der Waals surface area contributed by atoms with Crippen molar-refractivity contribution < 1.29 is 4.39 Å². The molecule has 0 saturated heterocycles. The number of rotatable bonds is 1. The first-order chi connectivity index (χ1) is 14.9. The van der Waals surface area contributed by atoms with Crippen molar-refractivity contribution in [2.24, 2.45) is 11.0 Å². The van der Waals surface area contributed by atoms with E-state index in [1.54, 1.807) is 6.92 Å². The maximum absolute atomic E-state index is 16.2. The van der Waals surface area contributed by atoms with Gasteiger partial charge in [0.15, 0.2) is 5.84 Å². The number of aryl methyl sites for hydroxylation is 2. The molecule has 2 aromatic rings. The molecule has 3 unspecified atom stereocenters. The lowest BCUT2D eigenvalue weighted by atomic mass is 9.74. The second-order valence-electron chi connectivity index (χ2n) is 9.62. The van der Waals surface area contributed by atoms with Gasteiger partial charge < -0.3 is 4.90 Å². The number of alkyl halides is 1. The molecular weight excluding hydrogens is 385 g/mol. The van der Waals surface area contributed by atoms with Gasteiger partial charge >= 0.3 is 0 Å². The molecular formula is C27H34FN3. The molecule has 4 heteroatoms. The minimum Gasteiger partial charge on any atom is -0.301 e. The van der Waals surface area contributed by atoms with Crippen LogP contribution >= 0.6 is 0 Å². The number of benzene rings is 2. The summed E-state index contributed by atoms with van der Waals surface area (Å²) in [4.78, 5) is 2.34. The summed E-state index contributed by atoms with van der Waals surface area (Å²) in [6.45, 7) is 12.1. The minimum absolute atomic E-state index is 0.0853. The highest BCUT2D eigenvalue weighted by atomic mass is 19.1. The zero-order valence-corrected chi connectivity index (χ0v) is 19.7. The fraction of sp³-hybridized carbons (Fsp3) is 0.519. The molecule has 0 radical (unpaired) electrons. The molecule has 3 atom stereocenters. The fourth-order valence-electron chi connectivity index (χ4n) is 5.89. The van der Waals surface area contributed by atoms with E-state index < -0.39 is 5.67 Å². The van der Waals surface area contributed by atoms with Gasteiger partial charge in [-0.05, 0) is 69.2 Å². The molecule has 6 rings (SSSR count). The Morgan fingerprint density at radius 3 is 2.32 bits per heavy atom. The zero-order chi connectivity index (χ0) is 22.1. The third-order valence-electron chi connectivity index (χ3n) is 7.62. The lowest BCUT2D eigenvalue weighted by Crippen LogP contribution is -2.57. The van der Waals surface area contributed by atoms with Crippen LogP contribution in [0.2, 0.25) is 0 Å². The van der Waals surface area contributed by atoms with E-state index in [0.29, 0.717) is 0 Å². The molecule has 31 heavy (non-hydrogen) atoms. The van der Waals surface area contributed by atoms with Gasteiger partial charge in [-0.2, -0.15) is 5.10 Å². The highest BCUT2D eigenvalue weighted by Crippen LogP contribution is 2.56. The van der Waals surface area contributed by atoms with Gasteiger partial charge in [-0.1, -0.05) is 45.0 Å². The Balaban J connectivity index is 0.000000994. The molecule has 3 aliphatic heterocycles. The number of nitrogens with zero attached hydrogens (tertiary/aromatic N) is 3. The van der Waals surface area contributed by atoms with Gasteiger partial charge in [-0.25, -0.2) is 4.39 Å². The zero-order valence-electron chi connectivity index (χ0n) is 19.7. The molecule has 2 aromatic carbocycles. The monoisotopic (exact) mass is 419 g/mol. The van der Waals surface area contributed by atoms with Crippen LogP contribution in [0.15, 0.2) is 35.4 Å². The summed E-state index contributed by atoms with van der Waals surface area (Å²) in [7, 11) is 0. The number of hydrogen-bond acceptors (Lipinski definition) is 3. The number of hydrazone groups is 1. The third-order valence-corrected chi connectivity index (χ3v) is 7.62. The lowest BCUT2D eigenvalue weighted by Gasteiger charge is -2.49. The van der Waals surface area contributed by atoms with Crippen molar-refractivity contribution >= 4 is 11.5 Å². The Labute approximate surface area is 185 Å². The Morgan fingerprint density at radius 1 is 1.03 bits per heavy atom. The van der Waals surface area contributed by atoms with Crippen LogP contribution in [0.25, 0.3) is 11.1 Å². The lowest BCUT2D eigenvalue weighted by molar-refractivity contribution is 0.0226. The maximum atomic E-state index is 16.2. The average molecular weight is 420 g/mol. The normalized spacial score (nSPS) is 27.2. The molecule has 0 aromatic heterocycles. The smallest absolute Gasteiger partial charge is 0.162 e. The van der Waals surface area contributed by atoms with Crippen LogP contribution in [-0.2, 0) is 18.5 Å². The number of amidine groups is 1. The van der Waals surface area contributed by atoms with E-state index in [-0.39, 0.29) is 18.1 Å². The van der Waals surface area contributed by atoms with Gasteiger partial charge in [-0.15, -0.1) is 0 Å². The van der Waals surface area contributed by atoms with Gasteiger partial charge in [0.1, 0.15) is 11.8 Å². The van der Waals surface area contributed by atoms with Crippen LogP contribution in [-0.4, -0.2) is 23.1 Å². The molecule has 0 saturated carbocycles. The summed E-state index contributed by atoms with van der Waals surface area (Å²) in [6.07, 6.45) is 4.74. The van der Waals surface area contributed by atoms with Crippen LogP contribution in [0.5, 0.6) is 0 Å². The Kier molecular flexibility index (Phi) is 4.69. The second kappa shape index (κ2) is 7.08. The van der Waals surface area contributed by atoms with Gasteiger partial charge in [-0.3, -0.25) is 5.01 Å². The minimum atomic E-state index is -1.39. The predicted octanol–water partition coefficient (Wildman–Crippen LogP) is 6.62. The molecule has 0 spiro atoms. The van der Waals surface area contributed by atoms with E-state index in [4.69, 9.17) is 5.10 Å². The Hall–Kier alpha value is -2.36. The Morgan fingerprint density at radius 2 is 1.68 bits per heavy atom. The quantitative estimate of drug-likeness (QED) is 0.517. The number of hydrogen-bond donors (Lipinski definition) is 0. The summed E-state index contributed by atoms with van der Waals surface area (Å²) in [6, 6.07) is 11.1. The van der Waals surface area contributed by atoms with E-state index in [0.717, 1.165) is 35.5 Å². The van der Waals surface area contributed by atoms with Crippen molar-refractivity contribution in [2.75, 3.05) is 4.90 Å². The van der Waals surface area contributed by atoms with Crippen molar-refractivity contribution in [1.29, 1.82) is 0 Å². The van der Waals surface area contributed by atoms with Crippen LogP contribution < -0.4 is 4.90 Å². The molecule has 4 aliphatic rings. The maximum Gasteiger partial charge on any atom is 0.162 e. The number of anilines is 1. The Bertz CT molecular complexity index is 1070. The van der Waals surface area contributed by atoms with E-state index in [1.807, 2.05) is 32.9 Å². The molecule has 3 nitrogen and oxygen atoms in total. The SMILES string of the molecule is CC.CC(C)N1N=C2c3cc4c(cc3-c3cccc5c3N2C1C(C)C5(C)F)CCCC4. The first-order valence-electron chi connectivity index (χ1n) is 12.0.